The van der Waals surface area contributed by atoms with Gasteiger partial charge in [-0.15, -0.1) is 10.2 Å². The van der Waals surface area contributed by atoms with Gasteiger partial charge in [-0.3, -0.25) is 0 Å². The Labute approximate surface area is 109 Å². The number of hydrogen-bond acceptors (Lipinski definition) is 3. The molecule has 1 aromatic rings. The number of rotatable bonds is 5. The first-order valence-corrected chi connectivity index (χ1v) is 6.30. The lowest BCUT2D eigenvalue weighted by Crippen LogP contribution is -2.36. The first-order valence-electron chi connectivity index (χ1n) is 6.30. The largest absolute Gasteiger partial charge is 0.480 e. The van der Waals surface area contributed by atoms with Gasteiger partial charge in [0.2, 0.25) is 5.92 Å². The van der Waals surface area contributed by atoms with Gasteiger partial charge in [-0.1, -0.05) is 13.8 Å². The van der Waals surface area contributed by atoms with Gasteiger partial charge in [0.15, 0.2) is 0 Å². The Hall–Kier alpha value is -1.53. The van der Waals surface area contributed by atoms with Crippen molar-refractivity contribution in [1.82, 2.24) is 14.8 Å². The molecular weight excluding hydrogens is 256 g/mol. The fraction of sp³-hybridized carbons (Fsp3) is 0.750. The van der Waals surface area contributed by atoms with Crippen molar-refractivity contribution in [2.45, 2.75) is 51.0 Å². The lowest BCUT2D eigenvalue weighted by Gasteiger charge is -2.34. The van der Waals surface area contributed by atoms with E-state index in [-0.39, 0.29) is 18.8 Å². The van der Waals surface area contributed by atoms with Gasteiger partial charge in [0.1, 0.15) is 18.2 Å². The summed E-state index contributed by atoms with van der Waals surface area (Å²) in [6.07, 6.45) is 1.19. The van der Waals surface area contributed by atoms with E-state index in [1.54, 1.807) is 0 Å². The summed E-state index contributed by atoms with van der Waals surface area (Å²) in [6.45, 7) is 3.83. The van der Waals surface area contributed by atoms with Gasteiger partial charge < -0.3 is 9.67 Å². The number of carbonyl (C=O) groups is 1. The molecule has 1 aromatic heterocycles. The van der Waals surface area contributed by atoms with Crippen molar-refractivity contribution in [2.24, 2.45) is 5.92 Å². The molecule has 1 heterocycles. The minimum atomic E-state index is -2.65. The number of halogens is 2. The second kappa shape index (κ2) is 4.86. The Morgan fingerprint density at radius 2 is 2.21 bits per heavy atom. The summed E-state index contributed by atoms with van der Waals surface area (Å²) in [7, 11) is 0. The fourth-order valence-electron chi connectivity index (χ4n) is 2.41. The second-order valence-electron chi connectivity index (χ2n) is 5.54. The van der Waals surface area contributed by atoms with Crippen LogP contribution >= 0.6 is 0 Å². The van der Waals surface area contributed by atoms with Crippen molar-refractivity contribution < 1.29 is 18.7 Å². The standard InChI is InChI=1S/C12H17F2N3O2/c1-7(2)3-9(11(18)19)17-6-15-16-10(17)8-4-12(13,14)5-8/h6-9H,3-5H2,1-2H3,(H,18,19). The molecule has 0 bridgehead atoms. The van der Waals surface area contributed by atoms with E-state index in [0.717, 1.165) is 0 Å². The van der Waals surface area contributed by atoms with Crippen molar-refractivity contribution in [1.29, 1.82) is 0 Å². The second-order valence-corrected chi connectivity index (χ2v) is 5.54. The number of alkyl halides is 2. The molecular formula is C12H17F2N3O2. The number of carboxylic acids is 1. The molecule has 0 spiro atoms. The van der Waals surface area contributed by atoms with E-state index in [9.17, 15) is 18.7 Å². The predicted molar refractivity (Wildman–Crippen MR) is 63.1 cm³/mol. The zero-order chi connectivity index (χ0) is 14.2. The van der Waals surface area contributed by atoms with Crippen LogP contribution in [0.15, 0.2) is 6.33 Å². The van der Waals surface area contributed by atoms with Crippen molar-refractivity contribution in [3.8, 4) is 0 Å². The maximum atomic E-state index is 12.9. The smallest absolute Gasteiger partial charge is 0.326 e. The third-order valence-corrected chi connectivity index (χ3v) is 3.37. The molecule has 0 aromatic carbocycles. The van der Waals surface area contributed by atoms with Crippen molar-refractivity contribution in [2.75, 3.05) is 0 Å². The van der Waals surface area contributed by atoms with Crippen LogP contribution in [0.5, 0.6) is 0 Å². The highest BCUT2D eigenvalue weighted by Gasteiger charge is 2.48. The number of carboxylic acid groups (broad SMARTS) is 1. The van der Waals surface area contributed by atoms with Crippen LogP contribution < -0.4 is 0 Å². The molecule has 1 N–H and O–H groups in total. The van der Waals surface area contributed by atoms with Crippen molar-refractivity contribution in [3.05, 3.63) is 12.2 Å². The molecule has 1 atom stereocenters. The van der Waals surface area contributed by atoms with Crippen molar-refractivity contribution >= 4 is 5.97 Å². The van der Waals surface area contributed by atoms with Gasteiger partial charge in [0.25, 0.3) is 0 Å². The summed E-state index contributed by atoms with van der Waals surface area (Å²) < 4.78 is 27.2. The minimum absolute atomic E-state index is 0.180. The van der Waals surface area contributed by atoms with Crippen LogP contribution in [0.3, 0.4) is 0 Å². The van der Waals surface area contributed by atoms with Crippen molar-refractivity contribution in [3.63, 3.8) is 0 Å². The lowest BCUT2D eigenvalue weighted by atomic mass is 9.80. The number of aliphatic carboxylic acids is 1. The van der Waals surface area contributed by atoms with Gasteiger partial charge in [0, 0.05) is 18.8 Å². The van der Waals surface area contributed by atoms with Crippen LogP contribution in [-0.4, -0.2) is 31.8 Å². The third-order valence-electron chi connectivity index (χ3n) is 3.37. The van der Waals surface area contributed by atoms with E-state index in [4.69, 9.17) is 0 Å². The molecule has 0 aliphatic heterocycles. The van der Waals surface area contributed by atoms with E-state index in [1.807, 2.05) is 13.8 Å². The molecule has 2 rings (SSSR count). The SMILES string of the molecule is CC(C)CC(C(=O)O)n1cnnc1C1CC(F)(F)C1. The lowest BCUT2D eigenvalue weighted by molar-refractivity contribution is -0.141. The molecule has 0 radical (unpaired) electrons. The quantitative estimate of drug-likeness (QED) is 0.894. The summed E-state index contributed by atoms with van der Waals surface area (Å²) in [6, 6.07) is -0.792. The number of nitrogens with zero attached hydrogens (tertiary/aromatic N) is 3. The zero-order valence-electron chi connectivity index (χ0n) is 10.9. The molecule has 5 nitrogen and oxygen atoms in total. The maximum Gasteiger partial charge on any atom is 0.326 e. The summed E-state index contributed by atoms with van der Waals surface area (Å²) >= 11 is 0. The van der Waals surface area contributed by atoms with E-state index < -0.39 is 23.9 Å². The van der Waals surface area contributed by atoms with Crippen LogP contribution in [0.25, 0.3) is 0 Å². The highest BCUT2D eigenvalue weighted by atomic mass is 19.3. The molecule has 1 aliphatic rings. The highest BCUT2D eigenvalue weighted by molar-refractivity contribution is 5.72. The van der Waals surface area contributed by atoms with Crippen LogP contribution in [0.1, 0.15) is 50.9 Å². The Balaban J connectivity index is 2.20. The normalized spacial score (nSPS) is 20.3. The molecule has 1 aliphatic carbocycles. The van der Waals surface area contributed by atoms with E-state index in [1.165, 1.54) is 10.9 Å². The Bertz CT molecular complexity index is 465. The van der Waals surface area contributed by atoms with Crippen LogP contribution in [0.4, 0.5) is 8.78 Å². The van der Waals surface area contributed by atoms with Crippen LogP contribution in [0.2, 0.25) is 0 Å². The summed E-state index contributed by atoms with van der Waals surface area (Å²) in [5.41, 5.74) is 0. The van der Waals surface area contributed by atoms with Crippen LogP contribution in [-0.2, 0) is 4.79 Å². The Morgan fingerprint density at radius 3 is 2.68 bits per heavy atom. The van der Waals surface area contributed by atoms with Crippen LogP contribution in [0, 0.1) is 5.92 Å². The Kier molecular flexibility index (Phi) is 3.56. The topological polar surface area (TPSA) is 68.0 Å². The predicted octanol–water partition coefficient (Wildman–Crippen LogP) is 2.46. The number of hydrogen-bond donors (Lipinski definition) is 1. The summed E-state index contributed by atoms with van der Waals surface area (Å²) in [5, 5.41) is 16.8. The summed E-state index contributed by atoms with van der Waals surface area (Å²) in [4.78, 5) is 11.3. The highest BCUT2D eigenvalue weighted by Crippen LogP contribution is 2.48. The minimum Gasteiger partial charge on any atom is -0.480 e. The van der Waals surface area contributed by atoms with Gasteiger partial charge in [0.05, 0.1) is 0 Å². The zero-order valence-corrected chi connectivity index (χ0v) is 10.9. The average molecular weight is 273 g/mol. The third kappa shape index (κ3) is 2.90. The molecule has 0 saturated heterocycles. The fourth-order valence-corrected chi connectivity index (χ4v) is 2.41. The Morgan fingerprint density at radius 1 is 1.58 bits per heavy atom. The summed E-state index contributed by atoms with van der Waals surface area (Å²) in [5.74, 6) is -3.50. The maximum absolute atomic E-state index is 12.9. The van der Waals surface area contributed by atoms with Gasteiger partial charge in [-0.25, -0.2) is 13.6 Å². The van der Waals surface area contributed by atoms with E-state index in [0.29, 0.717) is 12.2 Å². The first kappa shape index (κ1) is 13.9. The molecule has 7 heteroatoms. The van der Waals surface area contributed by atoms with E-state index in [2.05, 4.69) is 10.2 Å². The average Bonchev–Trinajstić information content (AvgIpc) is 2.69. The molecule has 1 fully saturated rings. The van der Waals surface area contributed by atoms with Gasteiger partial charge in [-0.05, 0) is 12.3 Å². The van der Waals surface area contributed by atoms with Gasteiger partial charge in [-0.2, -0.15) is 0 Å². The molecule has 0 amide bonds. The molecule has 1 unspecified atom stereocenters. The van der Waals surface area contributed by atoms with E-state index >= 15 is 0 Å². The van der Waals surface area contributed by atoms with Gasteiger partial charge >= 0.3 is 5.97 Å². The number of aromatic nitrogens is 3. The monoisotopic (exact) mass is 273 g/mol. The molecule has 106 valence electrons. The molecule has 19 heavy (non-hydrogen) atoms. The molecule has 1 saturated carbocycles. The first-order chi connectivity index (χ1) is 8.80.